The molecule has 2 aromatic carbocycles. The predicted octanol–water partition coefficient (Wildman–Crippen LogP) is 8.32. The van der Waals surface area contributed by atoms with Gasteiger partial charge in [-0.1, -0.05) is 48.5 Å². The fraction of sp³-hybridized carbons (Fsp3) is 0. The molecular weight excluding hydrogens is 587 g/mol. The molecule has 0 radical (unpaired) electrons. The van der Waals surface area contributed by atoms with Gasteiger partial charge in [-0.2, -0.15) is 0 Å². The molecule has 168 valence electrons. The molecule has 0 unspecified atom stereocenters. The quantitative estimate of drug-likeness (QED) is 0.130. The van der Waals surface area contributed by atoms with Crippen LogP contribution >= 0.6 is 38.8 Å². The zero-order chi connectivity index (χ0) is 23.3. The van der Waals surface area contributed by atoms with Crippen molar-refractivity contribution in [2.24, 2.45) is 0 Å². The molecule has 6 aromatic rings. The van der Waals surface area contributed by atoms with Gasteiger partial charge in [-0.3, -0.25) is 19.9 Å². The summed E-state index contributed by atoms with van der Waals surface area (Å²) in [6.07, 6.45) is 7.21. The topological polar surface area (TPSA) is 51.6 Å². The van der Waals surface area contributed by atoms with Crippen LogP contribution in [0, 0.1) is 0 Å². The zero-order valence-electron chi connectivity index (χ0n) is 16.9. The molecule has 0 saturated heterocycles. The number of hydrogen-bond acceptors (Lipinski definition) is 4. The number of halogens is 4. The van der Waals surface area contributed by atoms with Gasteiger partial charge >= 0.3 is 49.6 Å². The maximum Gasteiger partial charge on any atom is 0.0964 e. The minimum atomic E-state index is -2.97. The molecule has 0 aliphatic carbocycles. The summed E-state index contributed by atoms with van der Waals surface area (Å²) in [5, 5.41) is 4.55. The number of pyridine rings is 4. The molecule has 0 spiro atoms. The number of fused-ring (bicyclic) bond motifs is 6. The molecule has 0 bridgehead atoms. The van der Waals surface area contributed by atoms with Crippen molar-refractivity contribution >= 4 is 82.4 Å². The number of benzene rings is 2. The first-order valence-corrected chi connectivity index (χ1v) is 18.6. The van der Waals surface area contributed by atoms with Gasteiger partial charge in [0.2, 0.25) is 0 Å². The molecule has 0 amide bonds. The Morgan fingerprint density at radius 3 is 0.818 bits per heavy atom. The van der Waals surface area contributed by atoms with Gasteiger partial charge in [0.05, 0.1) is 22.1 Å². The summed E-state index contributed by atoms with van der Waals surface area (Å²) in [6.45, 7) is 0. The largest absolute Gasteiger partial charge is 0.254 e. The third-order valence-corrected chi connectivity index (χ3v) is 4.69. The maximum atomic E-state index is 5.00. The van der Waals surface area contributed by atoms with E-state index in [0.717, 1.165) is 43.6 Å². The van der Waals surface area contributed by atoms with Crippen LogP contribution in [0.25, 0.3) is 43.6 Å². The summed E-state index contributed by atoms with van der Waals surface area (Å²) in [6, 6.07) is 24.3. The Labute approximate surface area is 209 Å². The Morgan fingerprint density at radius 2 is 0.606 bits per heavy atom. The molecule has 0 atom stereocenters. The molecule has 4 aromatic heterocycles. The maximum absolute atomic E-state index is 5.00. The normalized spacial score (nSPS) is 11.5. The van der Waals surface area contributed by atoms with Crippen molar-refractivity contribution in [3.63, 3.8) is 0 Å². The molecule has 0 aliphatic heterocycles. The monoisotopic (exact) mass is 602 g/mol. The van der Waals surface area contributed by atoms with E-state index in [0.29, 0.717) is 0 Å². The van der Waals surface area contributed by atoms with Gasteiger partial charge in [-0.15, -0.1) is 0 Å². The molecule has 0 aliphatic rings. The molecule has 4 heterocycles. The average molecular weight is 603 g/mol. The molecule has 33 heavy (non-hydrogen) atoms. The van der Waals surface area contributed by atoms with Crippen LogP contribution in [-0.4, -0.2) is 19.9 Å². The number of aromatic nitrogens is 4. The van der Waals surface area contributed by atoms with E-state index in [4.69, 9.17) is 38.8 Å². The first-order chi connectivity index (χ1) is 15.9. The Bertz CT molecular complexity index is 1310. The van der Waals surface area contributed by atoms with E-state index >= 15 is 0 Å². The van der Waals surface area contributed by atoms with Crippen molar-refractivity contribution < 1.29 is 10.8 Å². The molecule has 9 heteroatoms. The average Bonchev–Trinajstić information content (AvgIpc) is 2.83. The second kappa shape index (κ2) is 10.9. The fourth-order valence-corrected chi connectivity index (χ4v) is 3.36. The van der Waals surface area contributed by atoms with Gasteiger partial charge in [0.15, 0.2) is 0 Å². The summed E-state index contributed by atoms with van der Waals surface area (Å²) in [4.78, 5) is 17.4. The van der Waals surface area contributed by atoms with Crippen molar-refractivity contribution in [2.75, 3.05) is 0 Å². The summed E-state index contributed by atoms with van der Waals surface area (Å²) in [5.41, 5.74) is 3.91. The second-order valence-electron chi connectivity index (χ2n) is 6.73. The Kier molecular flexibility index (Phi) is 7.90. The van der Waals surface area contributed by atoms with Gasteiger partial charge in [0.25, 0.3) is 0 Å². The third-order valence-electron chi connectivity index (χ3n) is 4.69. The van der Waals surface area contributed by atoms with Crippen molar-refractivity contribution in [2.45, 2.75) is 0 Å². The first kappa shape index (κ1) is 24.0. The summed E-state index contributed by atoms with van der Waals surface area (Å²) in [5.74, 6) is 0. The Balaban J connectivity index is 0.000000132. The van der Waals surface area contributed by atoms with Crippen LogP contribution < -0.4 is 0 Å². The van der Waals surface area contributed by atoms with E-state index in [-0.39, 0.29) is 0 Å². The molecule has 4 nitrogen and oxygen atoms in total. The van der Waals surface area contributed by atoms with Crippen LogP contribution in [0.4, 0.5) is 0 Å². The summed E-state index contributed by atoms with van der Waals surface area (Å²) in [7, 11) is 17.0. The van der Waals surface area contributed by atoms with Crippen molar-refractivity contribution in [1.82, 2.24) is 19.9 Å². The Hall–Kier alpha value is -2.14. The first-order valence-electron chi connectivity index (χ1n) is 9.60. The van der Waals surface area contributed by atoms with E-state index in [1.807, 2.05) is 24.3 Å². The minimum Gasteiger partial charge on any atom is -0.254 e. The molecule has 0 N–H and O–H groups in total. The SMILES string of the molecule is [Cl][Ru]([Cl])([Cl])[Cl].c1cnc2c(c1)ccc1cccnc12.c1cnc2c(c1)ccc1cccnc12. The predicted molar refractivity (Wildman–Crippen MR) is 137 cm³/mol. The van der Waals surface area contributed by atoms with Crippen LogP contribution in [0.3, 0.4) is 0 Å². The van der Waals surface area contributed by atoms with Gasteiger partial charge in [-0.05, 0) is 24.3 Å². The molecular formula is C24H16Cl4N4Ru. The third kappa shape index (κ3) is 6.47. The van der Waals surface area contributed by atoms with Crippen molar-refractivity contribution in [3.8, 4) is 0 Å². The van der Waals surface area contributed by atoms with Crippen LogP contribution in [0.2, 0.25) is 0 Å². The second-order valence-corrected chi connectivity index (χ2v) is 22.6. The molecule has 0 saturated carbocycles. The van der Waals surface area contributed by atoms with Crippen LogP contribution in [0.15, 0.2) is 97.6 Å². The number of nitrogens with zero attached hydrogens (tertiary/aromatic N) is 4. The van der Waals surface area contributed by atoms with E-state index in [2.05, 4.69) is 68.5 Å². The molecule has 0 fully saturated rings. The van der Waals surface area contributed by atoms with Gasteiger partial charge in [0.1, 0.15) is 0 Å². The van der Waals surface area contributed by atoms with Gasteiger partial charge in [-0.25, -0.2) is 0 Å². The van der Waals surface area contributed by atoms with E-state index < -0.39 is 10.8 Å². The zero-order valence-corrected chi connectivity index (χ0v) is 21.7. The summed E-state index contributed by atoms with van der Waals surface area (Å²) >= 11 is 0. The van der Waals surface area contributed by atoms with Crippen molar-refractivity contribution in [3.05, 3.63) is 97.6 Å². The van der Waals surface area contributed by atoms with Gasteiger partial charge in [0, 0.05) is 46.3 Å². The summed E-state index contributed by atoms with van der Waals surface area (Å²) < 4.78 is 0. The van der Waals surface area contributed by atoms with Crippen molar-refractivity contribution in [1.29, 1.82) is 0 Å². The fourth-order valence-electron chi connectivity index (χ4n) is 3.36. The van der Waals surface area contributed by atoms with E-state index in [1.165, 1.54) is 0 Å². The smallest absolute Gasteiger partial charge is 0.0964 e. The van der Waals surface area contributed by atoms with Crippen LogP contribution in [-0.2, 0) is 10.8 Å². The van der Waals surface area contributed by atoms with Gasteiger partial charge < -0.3 is 0 Å². The number of rotatable bonds is 0. The number of hydrogen-bond donors (Lipinski definition) is 0. The van der Waals surface area contributed by atoms with Crippen LogP contribution in [0.5, 0.6) is 0 Å². The van der Waals surface area contributed by atoms with E-state index in [1.54, 1.807) is 24.8 Å². The standard InChI is InChI=1S/2C12H8N2.4ClH.Ru/c2*1-3-9-5-6-10-4-2-8-14-12(10)11(9)13-7-1;;;;;/h2*1-8H;4*1H;/q;;;;;;+4/p-4. The van der Waals surface area contributed by atoms with Crippen LogP contribution in [0.1, 0.15) is 0 Å². The molecule has 6 rings (SSSR count). The minimum absolute atomic E-state index is 0.977. The van der Waals surface area contributed by atoms with E-state index in [9.17, 15) is 0 Å². The Morgan fingerprint density at radius 1 is 0.394 bits per heavy atom.